The summed E-state index contributed by atoms with van der Waals surface area (Å²) < 4.78 is 20.6. The first kappa shape index (κ1) is 20.6. The largest absolute Gasteiger partial charge is 0.507 e. The third-order valence-electron chi connectivity index (χ3n) is 6.22. The van der Waals surface area contributed by atoms with E-state index in [-0.39, 0.29) is 23.3 Å². The van der Waals surface area contributed by atoms with Crippen LogP contribution >= 0.6 is 11.6 Å². The first-order valence-electron chi connectivity index (χ1n) is 10.3. The second kappa shape index (κ2) is 7.67. The van der Waals surface area contributed by atoms with Gasteiger partial charge in [0, 0.05) is 35.6 Å². The summed E-state index contributed by atoms with van der Waals surface area (Å²) in [7, 11) is 0. The minimum absolute atomic E-state index is 0.0138. The highest BCUT2D eigenvalue weighted by molar-refractivity contribution is 6.35. The number of aryl methyl sites for hydroxylation is 1. The van der Waals surface area contributed by atoms with Gasteiger partial charge < -0.3 is 19.6 Å². The predicted molar refractivity (Wildman–Crippen MR) is 122 cm³/mol. The van der Waals surface area contributed by atoms with Crippen molar-refractivity contribution in [3.05, 3.63) is 59.5 Å². The molecule has 164 valence electrons. The molecule has 6 nitrogen and oxygen atoms in total. The zero-order valence-electron chi connectivity index (χ0n) is 17.4. The van der Waals surface area contributed by atoms with Gasteiger partial charge in [0.25, 0.3) is 0 Å². The highest BCUT2D eigenvalue weighted by atomic mass is 35.5. The Morgan fingerprint density at radius 2 is 2.19 bits per heavy atom. The van der Waals surface area contributed by atoms with E-state index >= 15 is 0 Å². The van der Waals surface area contributed by atoms with Gasteiger partial charge in [0.05, 0.1) is 29.0 Å². The van der Waals surface area contributed by atoms with Crippen LogP contribution in [0.5, 0.6) is 11.5 Å². The summed E-state index contributed by atoms with van der Waals surface area (Å²) in [6.07, 6.45) is 3.00. The number of pyridine rings is 1. The number of hydrogen-bond acceptors (Lipinski definition) is 5. The number of carbonyl (C=O) groups excluding carboxylic acids is 1. The number of fused-ring (bicyclic) bond motifs is 5. The van der Waals surface area contributed by atoms with Crippen molar-refractivity contribution in [3.63, 3.8) is 0 Å². The quantitative estimate of drug-likeness (QED) is 0.586. The Kier molecular flexibility index (Phi) is 4.93. The third-order valence-corrected chi connectivity index (χ3v) is 6.52. The summed E-state index contributed by atoms with van der Waals surface area (Å²) in [5.74, 6) is -0.185. The van der Waals surface area contributed by atoms with E-state index in [1.165, 1.54) is 24.3 Å². The Labute approximate surface area is 189 Å². The lowest BCUT2D eigenvalue weighted by Crippen LogP contribution is -2.58. The molecule has 1 atom stereocenters. The molecule has 3 heterocycles. The Morgan fingerprint density at radius 1 is 1.38 bits per heavy atom. The van der Waals surface area contributed by atoms with Crippen molar-refractivity contribution < 1.29 is 19.0 Å². The number of ether oxygens (including phenoxy) is 1. The average Bonchev–Trinajstić information content (AvgIpc) is 2.79. The first-order chi connectivity index (χ1) is 15.4. The number of carbonyl (C=O) groups is 1. The smallest absolute Gasteiger partial charge is 0.246 e. The van der Waals surface area contributed by atoms with Crippen LogP contribution < -0.4 is 9.64 Å². The van der Waals surface area contributed by atoms with Gasteiger partial charge in [0.2, 0.25) is 5.91 Å². The molecule has 3 aromatic rings. The molecule has 8 heteroatoms. The number of benzene rings is 2. The van der Waals surface area contributed by atoms with Gasteiger partial charge in [0.15, 0.2) is 5.75 Å². The molecular weight excluding hydrogens is 433 g/mol. The first-order valence-corrected chi connectivity index (χ1v) is 10.7. The Morgan fingerprint density at radius 3 is 2.94 bits per heavy atom. The van der Waals surface area contributed by atoms with E-state index in [9.17, 15) is 14.3 Å². The topological polar surface area (TPSA) is 65.9 Å². The van der Waals surface area contributed by atoms with Gasteiger partial charge in [0.1, 0.15) is 18.2 Å². The second-order valence-electron chi connectivity index (χ2n) is 8.01. The Balaban J connectivity index is 1.66. The monoisotopic (exact) mass is 453 g/mol. The molecule has 2 aliphatic rings. The van der Waals surface area contributed by atoms with Crippen LogP contribution in [0.4, 0.5) is 10.1 Å². The fourth-order valence-corrected chi connectivity index (χ4v) is 5.05. The maximum atomic E-state index is 14.6. The van der Waals surface area contributed by atoms with Crippen molar-refractivity contribution in [2.75, 3.05) is 31.1 Å². The predicted octanol–water partition coefficient (Wildman–Crippen LogP) is 4.30. The molecule has 0 unspecified atom stereocenters. The van der Waals surface area contributed by atoms with Gasteiger partial charge >= 0.3 is 0 Å². The number of halogens is 2. The second-order valence-corrected chi connectivity index (χ2v) is 8.41. The van der Waals surface area contributed by atoms with Crippen molar-refractivity contribution in [1.82, 2.24) is 9.88 Å². The van der Waals surface area contributed by atoms with Gasteiger partial charge in [-0.05, 0) is 36.8 Å². The minimum Gasteiger partial charge on any atom is -0.507 e. The highest BCUT2D eigenvalue weighted by Crippen LogP contribution is 2.46. The van der Waals surface area contributed by atoms with Crippen LogP contribution in [-0.2, 0) is 4.79 Å². The molecule has 0 spiro atoms. The molecular formula is C24H21ClFN3O3. The molecule has 2 aromatic carbocycles. The third kappa shape index (κ3) is 3.07. The van der Waals surface area contributed by atoms with E-state index in [2.05, 4.69) is 16.5 Å². The van der Waals surface area contributed by atoms with Crippen LogP contribution in [0.2, 0.25) is 5.02 Å². The van der Waals surface area contributed by atoms with Crippen LogP contribution in [0, 0.1) is 12.7 Å². The van der Waals surface area contributed by atoms with Crippen molar-refractivity contribution in [1.29, 1.82) is 0 Å². The van der Waals surface area contributed by atoms with E-state index in [1.54, 1.807) is 17.2 Å². The molecule has 0 bridgehead atoms. The fraction of sp³-hybridized carbons (Fsp3) is 0.250. The normalized spacial score (nSPS) is 17.5. The molecule has 0 radical (unpaired) electrons. The fourth-order valence-electron chi connectivity index (χ4n) is 4.71. The molecule has 1 saturated heterocycles. The molecule has 2 aliphatic heterocycles. The number of aromatic hydroxyl groups is 1. The summed E-state index contributed by atoms with van der Waals surface area (Å²) >= 11 is 6.66. The van der Waals surface area contributed by atoms with Gasteiger partial charge in [-0.25, -0.2) is 4.39 Å². The molecule has 0 saturated carbocycles. The number of anilines is 1. The number of rotatable bonds is 2. The maximum Gasteiger partial charge on any atom is 0.246 e. The van der Waals surface area contributed by atoms with Crippen LogP contribution in [-0.4, -0.2) is 53.2 Å². The minimum atomic E-state index is -0.557. The maximum absolute atomic E-state index is 14.6. The van der Waals surface area contributed by atoms with Crippen molar-refractivity contribution in [2.24, 2.45) is 0 Å². The molecule has 1 aromatic heterocycles. The van der Waals surface area contributed by atoms with Crippen LogP contribution in [0.3, 0.4) is 0 Å². The SMILES string of the molecule is C=CC(=O)N1CCN2c3c(cnc4c(C)c(-c5c(O)cccc5F)c(Cl)cc34)OC[C@H]2C1. The number of nitrogens with zero attached hydrogens (tertiary/aromatic N) is 3. The number of phenolic OH excluding ortho intramolecular Hbond substituents is 1. The summed E-state index contributed by atoms with van der Waals surface area (Å²) in [5, 5.41) is 11.4. The number of phenols is 1. The number of hydrogen-bond donors (Lipinski definition) is 1. The molecule has 32 heavy (non-hydrogen) atoms. The Hall–Kier alpha value is -3.32. The number of amides is 1. The number of aromatic nitrogens is 1. The Bertz CT molecular complexity index is 1260. The van der Waals surface area contributed by atoms with E-state index < -0.39 is 5.82 Å². The highest BCUT2D eigenvalue weighted by Gasteiger charge is 2.36. The van der Waals surface area contributed by atoms with Crippen molar-refractivity contribution >= 4 is 34.1 Å². The summed E-state index contributed by atoms with van der Waals surface area (Å²) in [4.78, 5) is 20.7. The zero-order valence-corrected chi connectivity index (χ0v) is 18.2. The van der Waals surface area contributed by atoms with Crippen LogP contribution in [0.15, 0.2) is 43.1 Å². The molecule has 1 amide bonds. The van der Waals surface area contributed by atoms with E-state index in [0.29, 0.717) is 53.7 Å². The van der Waals surface area contributed by atoms with E-state index in [4.69, 9.17) is 16.3 Å². The zero-order chi connectivity index (χ0) is 22.6. The van der Waals surface area contributed by atoms with Crippen LogP contribution in [0.1, 0.15) is 5.56 Å². The lowest BCUT2D eigenvalue weighted by molar-refractivity contribution is -0.127. The van der Waals surface area contributed by atoms with Gasteiger partial charge in [-0.2, -0.15) is 0 Å². The summed E-state index contributed by atoms with van der Waals surface area (Å²) in [6, 6.07) is 5.91. The molecule has 1 N–H and O–H groups in total. The van der Waals surface area contributed by atoms with Gasteiger partial charge in [-0.1, -0.05) is 24.2 Å². The summed E-state index contributed by atoms with van der Waals surface area (Å²) in [5.41, 5.74) is 2.66. The van der Waals surface area contributed by atoms with Gasteiger partial charge in [-0.3, -0.25) is 9.78 Å². The standard InChI is InChI=1S/C24H21ClFN3O3/c1-3-20(31)28-7-8-29-14(11-28)12-32-19-10-27-23-13(2)21(16(25)9-15(23)24(19)29)22-17(26)5-4-6-18(22)30/h3-6,9-10,14,30H,1,7-8,11-12H2,2H3/t14-/m1/s1. The lowest BCUT2D eigenvalue weighted by Gasteiger charge is -2.45. The van der Waals surface area contributed by atoms with Crippen molar-refractivity contribution in [3.8, 4) is 22.6 Å². The van der Waals surface area contributed by atoms with E-state index in [0.717, 1.165) is 11.1 Å². The lowest BCUT2D eigenvalue weighted by atomic mass is 9.95. The van der Waals surface area contributed by atoms with Crippen LogP contribution in [0.25, 0.3) is 22.0 Å². The van der Waals surface area contributed by atoms with E-state index in [1.807, 2.05) is 6.92 Å². The molecule has 5 rings (SSSR count). The van der Waals surface area contributed by atoms with Gasteiger partial charge in [-0.15, -0.1) is 0 Å². The van der Waals surface area contributed by atoms with Crippen molar-refractivity contribution in [2.45, 2.75) is 13.0 Å². The number of piperazine rings is 1. The molecule has 1 fully saturated rings. The summed E-state index contributed by atoms with van der Waals surface area (Å²) in [6.45, 7) is 7.56. The average molecular weight is 454 g/mol. The molecule has 0 aliphatic carbocycles.